The van der Waals surface area contributed by atoms with E-state index >= 15 is 0 Å². The molecule has 2 amide bonds. The van der Waals surface area contributed by atoms with Gasteiger partial charge < -0.3 is 20.1 Å². The Kier molecular flexibility index (Phi) is 4.68. The molecule has 7 nitrogen and oxygen atoms in total. The van der Waals surface area contributed by atoms with E-state index in [4.69, 9.17) is 4.74 Å². The maximum Gasteiger partial charge on any atom is 0.408 e. The number of carbonyl (C=O) groups is 3. The van der Waals surface area contributed by atoms with E-state index in [0.717, 1.165) is 0 Å². The van der Waals surface area contributed by atoms with Crippen molar-refractivity contribution in [3.05, 3.63) is 12.2 Å². The van der Waals surface area contributed by atoms with Crippen molar-refractivity contribution in [3.8, 4) is 0 Å². The fourth-order valence-corrected chi connectivity index (χ4v) is 3.01. The summed E-state index contributed by atoms with van der Waals surface area (Å²) in [5, 5.41) is 11.9. The molecule has 2 N–H and O–H groups in total. The topological polar surface area (TPSA) is 95.9 Å². The van der Waals surface area contributed by atoms with Crippen LogP contribution in [0.15, 0.2) is 12.2 Å². The van der Waals surface area contributed by atoms with Gasteiger partial charge >= 0.3 is 12.1 Å². The SMILES string of the molecule is CC1C=CC2CCC(C(=O)O)N2C(=O)C1NC(=O)OC(C)(C)C. The molecule has 128 valence electrons. The van der Waals surface area contributed by atoms with Crippen LogP contribution in [0.2, 0.25) is 0 Å². The van der Waals surface area contributed by atoms with Crippen LogP contribution in [-0.4, -0.2) is 51.7 Å². The third-order valence-electron chi connectivity index (χ3n) is 4.07. The third-order valence-corrected chi connectivity index (χ3v) is 4.07. The van der Waals surface area contributed by atoms with E-state index in [0.29, 0.717) is 12.8 Å². The number of amides is 2. The minimum absolute atomic E-state index is 0.225. The lowest BCUT2D eigenvalue weighted by Gasteiger charge is -2.30. The number of hydrogen-bond donors (Lipinski definition) is 2. The van der Waals surface area contributed by atoms with Crippen LogP contribution < -0.4 is 5.32 Å². The number of alkyl carbamates (subject to hydrolysis) is 1. The van der Waals surface area contributed by atoms with Gasteiger partial charge in [-0.05, 0) is 33.6 Å². The van der Waals surface area contributed by atoms with Gasteiger partial charge in [0.15, 0.2) is 0 Å². The van der Waals surface area contributed by atoms with Gasteiger partial charge in [-0.3, -0.25) is 4.79 Å². The molecule has 7 heteroatoms. The summed E-state index contributed by atoms with van der Waals surface area (Å²) in [6.07, 6.45) is 4.08. The van der Waals surface area contributed by atoms with Crippen LogP contribution in [0.3, 0.4) is 0 Å². The zero-order valence-corrected chi connectivity index (χ0v) is 13.9. The Bertz CT molecular complexity index is 537. The maximum atomic E-state index is 12.8. The van der Waals surface area contributed by atoms with Gasteiger partial charge in [0.2, 0.25) is 5.91 Å². The Balaban J connectivity index is 2.19. The second-order valence-corrected chi connectivity index (χ2v) is 7.11. The Hall–Kier alpha value is -2.05. The lowest BCUT2D eigenvalue weighted by atomic mass is 10.0. The lowest BCUT2D eigenvalue weighted by Crippen LogP contribution is -2.55. The molecule has 2 heterocycles. The van der Waals surface area contributed by atoms with Gasteiger partial charge in [-0.1, -0.05) is 19.1 Å². The van der Waals surface area contributed by atoms with Crippen LogP contribution in [-0.2, 0) is 14.3 Å². The first-order valence-corrected chi connectivity index (χ1v) is 7.83. The second-order valence-electron chi connectivity index (χ2n) is 7.11. The number of carbonyl (C=O) groups excluding carboxylic acids is 2. The number of carboxylic acids is 1. The summed E-state index contributed by atoms with van der Waals surface area (Å²) in [6.45, 7) is 7.03. The number of hydrogen-bond acceptors (Lipinski definition) is 4. The van der Waals surface area contributed by atoms with Crippen LogP contribution in [0, 0.1) is 5.92 Å². The summed E-state index contributed by atoms with van der Waals surface area (Å²) < 4.78 is 5.20. The molecule has 2 rings (SSSR count). The zero-order chi connectivity index (χ0) is 17.4. The van der Waals surface area contributed by atoms with Crippen molar-refractivity contribution in [2.75, 3.05) is 0 Å². The van der Waals surface area contributed by atoms with Crippen LogP contribution in [0.4, 0.5) is 4.79 Å². The van der Waals surface area contributed by atoms with Crippen molar-refractivity contribution >= 4 is 18.0 Å². The molecule has 4 unspecified atom stereocenters. The monoisotopic (exact) mass is 324 g/mol. The van der Waals surface area contributed by atoms with Crippen molar-refractivity contribution in [2.24, 2.45) is 5.92 Å². The van der Waals surface area contributed by atoms with Crippen molar-refractivity contribution in [3.63, 3.8) is 0 Å². The zero-order valence-electron chi connectivity index (χ0n) is 13.9. The number of carboxylic acid groups (broad SMARTS) is 1. The first-order valence-electron chi connectivity index (χ1n) is 7.83. The molecule has 0 aliphatic carbocycles. The van der Waals surface area contributed by atoms with Crippen molar-refractivity contribution in [1.29, 1.82) is 0 Å². The Morgan fingerprint density at radius 1 is 1.30 bits per heavy atom. The summed E-state index contributed by atoms with van der Waals surface area (Å²) in [5.74, 6) is -1.63. The average molecular weight is 324 g/mol. The summed E-state index contributed by atoms with van der Waals surface area (Å²) in [6, 6.07) is -1.90. The Labute approximate surface area is 135 Å². The highest BCUT2D eigenvalue weighted by Gasteiger charge is 2.45. The van der Waals surface area contributed by atoms with Gasteiger partial charge in [-0.15, -0.1) is 0 Å². The van der Waals surface area contributed by atoms with Crippen LogP contribution in [0.5, 0.6) is 0 Å². The number of aliphatic carboxylic acids is 1. The fraction of sp³-hybridized carbons (Fsp3) is 0.688. The largest absolute Gasteiger partial charge is 0.480 e. The van der Waals surface area contributed by atoms with E-state index in [1.165, 1.54) is 4.90 Å². The molecule has 1 saturated heterocycles. The molecule has 1 fully saturated rings. The Morgan fingerprint density at radius 3 is 2.52 bits per heavy atom. The predicted octanol–water partition coefficient (Wildman–Crippen LogP) is 1.53. The molecule has 23 heavy (non-hydrogen) atoms. The van der Waals surface area contributed by atoms with Crippen LogP contribution in [0.25, 0.3) is 0 Å². The van der Waals surface area contributed by atoms with E-state index in [-0.39, 0.29) is 17.9 Å². The van der Waals surface area contributed by atoms with E-state index in [1.807, 2.05) is 19.1 Å². The molecule has 0 aromatic carbocycles. The number of nitrogens with zero attached hydrogens (tertiary/aromatic N) is 1. The first-order chi connectivity index (χ1) is 10.6. The van der Waals surface area contributed by atoms with Gasteiger partial charge in [0.05, 0.1) is 6.04 Å². The molecule has 0 radical (unpaired) electrons. The van der Waals surface area contributed by atoms with E-state index in [1.54, 1.807) is 20.8 Å². The average Bonchev–Trinajstić information content (AvgIpc) is 2.79. The van der Waals surface area contributed by atoms with E-state index in [9.17, 15) is 19.5 Å². The quantitative estimate of drug-likeness (QED) is 0.751. The Morgan fingerprint density at radius 2 is 1.96 bits per heavy atom. The number of fused-ring (bicyclic) bond motifs is 1. The van der Waals surface area contributed by atoms with Gasteiger partial charge in [0, 0.05) is 5.92 Å². The highest BCUT2D eigenvalue weighted by Crippen LogP contribution is 2.30. The molecule has 0 aromatic heterocycles. The summed E-state index contributed by atoms with van der Waals surface area (Å²) in [5.41, 5.74) is -0.670. The fourth-order valence-electron chi connectivity index (χ4n) is 3.01. The molecule has 0 saturated carbocycles. The first kappa shape index (κ1) is 17.3. The summed E-state index contributed by atoms with van der Waals surface area (Å²) in [7, 11) is 0. The van der Waals surface area contributed by atoms with Crippen molar-refractivity contribution < 1.29 is 24.2 Å². The van der Waals surface area contributed by atoms with Crippen molar-refractivity contribution in [2.45, 2.75) is 64.3 Å². The van der Waals surface area contributed by atoms with Crippen LogP contribution >= 0.6 is 0 Å². The molecule has 2 aliphatic rings. The maximum absolute atomic E-state index is 12.8. The van der Waals surface area contributed by atoms with Gasteiger partial charge in [0.1, 0.15) is 17.7 Å². The van der Waals surface area contributed by atoms with Gasteiger partial charge in [0.25, 0.3) is 0 Å². The minimum Gasteiger partial charge on any atom is -0.480 e. The molecular formula is C16H24N2O5. The highest BCUT2D eigenvalue weighted by atomic mass is 16.6. The molecule has 2 aliphatic heterocycles. The standard InChI is InChI=1S/C16H24N2O5/c1-9-5-6-10-7-8-11(14(20)21)18(10)13(19)12(9)17-15(22)23-16(2,3)4/h5-6,9-12H,7-8H2,1-4H3,(H,17,22)(H,20,21). The predicted molar refractivity (Wildman–Crippen MR) is 82.8 cm³/mol. The summed E-state index contributed by atoms with van der Waals surface area (Å²) in [4.78, 5) is 37.6. The van der Waals surface area contributed by atoms with Crippen molar-refractivity contribution in [1.82, 2.24) is 10.2 Å². The molecule has 0 bridgehead atoms. The van der Waals surface area contributed by atoms with Crippen LogP contribution in [0.1, 0.15) is 40.5 Å². The number of rotatable bonds is 2. The van der Waals surface area contributed by atoms with E-state index in [2.05, 4.69) is 5.32 Å². The summed E-state index contributed by atoms with van der Waals surface area (Å²) >= 11 is 0. The highest BCUT2D eigenvalue weighted by molar-refractivity contribution is 5.91. The third kappa shape index (κ3) is 3.83. The molecular weight excluding hydrogens is 300 g/mol. The van der Waals surface area contributed by atoms with Gasteiger partial charge in [-0.2, -0.15) is 0 Å². The second kappa shape index (κ2) is 6.22. The minimum atomic E-state index is -1.01. The number of nitrogens with one attached hydrogen (secondary N) is 1. The molecule has 4 atom stereocenters. The molecule has 0 spiro atoms. The normalized spacial score (nSPS) is 30.6. The molecule has 0 aromatic rings. The lowest BCUT2D eigenvalue weighted by molar-refractivity contribution is -0.150. The van der Waals surface area contributed by atoms with Gasteiger partial charge in [-0.25, -0.2) is 9.59 Å². The number of ether oxygens (including phenoxy) is 1. The van der Waals surface area contributed by atoms with E-state index < -0.39 is 29.7 Å². The smallest absolute Gasteiger partial charge is 0.408 e.